The van der Waals surface area contributed by atoms with E-state index < -0.39 is 0 Å². The molecule has 0 fully saturated rings. The highest BCUT2D eigenvalue weighted by Crippen LogP contribution is 2.18. The van der Waals surface area contributed by atoms with Gasteiger partial charge < -0.3 is 9.47 Å². The molecule has 0 aliphatic heterocycles. The molecule has 3 nitrogen and oxygen atoms in total. The van der Waals surface area contributed by atoms with Crippen LogP contribution in [0.1, 0.15) is 0 Å². The van der Waals surface area contributed by atoms with Crippen LogP contribution in [0, 0.1) is 6.29 Å². The summed E-state index contributed by atoms with van der Waals surface area (Å²) in [6.45, 7) is 3.64. The lowest BCUT2D eigenvalue weighted by Gasteiger charge is -2.13. The second-order valence-corrected chi connectivity index (χ2v) is 3.21. The number of rotatable bonds is 5. The van der Waals surface area contributed by atoms with Crippen molar-refractivity contribution in [2.75, 3.05) is 0 Å². The number of hydrogen-bond donors (Lipinski definition) is 0. The zero-order valence-corrected chi connectivity index (χ0v) is 9.24. The van der Waals surface area contributed by atoms with Crippen LogP contribution < -0.4 is 9.47 Å². The Kier molecular flexibility index (Phi) is 3.76. The van der Waals surface area contributed by atoms with Crippen molar-refractivity contribution < 1.29 is 9.47 Å². The maximum absolute atomic E-state index is 5.50. The molecule has 0 aliphatic rings. The third kappa shape index (κ3) is 3.34. The van der Waals surface area contributed by atoms with Gasteiger partial charge in [0.25, 0.3) is 0 Å². The van der Waals surface area contributed by atoms with Crippen LogP contribution in [0.3, 0.4) is 0 Å². The SMILES string of the molecule is C=C[C](Oc1ccccc1)Oc1ccccn1. The topological polar surface area (TPSA) is 31.4 Å². The summed E-state index contributed by atoms with van der Waals surface area (Å²) in [6.07, 6.45) is 3.45. The second-order valence-electron chi connectivity index (χ2n) is 3.21. The van der Waals surface area contributed by atoms with Crippen molar-refractivity contribution in [2.24, 2.45) is 0 Å². The van der Waals surface area contributed by atoms with Crippen LogP contribution in [0.4, 0.5) is 0 Å². The third-order valence-corrected chi connectivity index (χ3v) is 1.97. The summed E-state index contributed by atoms with van der Waals surface area (Å²) in [6, 6.07) is 14.8. The molecule has 0 amide bonds. The molecule has 1 radical (unpaired) electrons. The van der Waals surface area contributed by atoms with Crippen molar-refractivity contribution in [3.05, 3.63) is 73.7 Å². The van der Waals surface area contributed by atoms with Gasteiger partial charge in [-0.25, -0.2) is 4.98 Å². The highest BCUT2D eigenvalue weighted by molar-refractivity contribution is 5.23. The van der Waals surface area contributed by atoms with E-state index in [2.05, 4.69) is 11.6 Å². The summed E-state index contributed by atoms with van der Waals surface area (Å²) in [5, 5.41) is 0. The normalized spacial score (nSPS) is 9.94. The lowest BCUT2D eigenvalue weighted by Crippen LogP contribution is -2.12. The molecule has 2 rings (SSSR count). The first-order valence-corrected chi connectivity index (χ1v) is 5.19. The first kappa shape index (κ1) is 11.2. The molecule has 3 heteroatoms. The average molecular weight is 226 g/mol. The quantitative estimate of drug-likeness (QED) is 0.784. The predicted octanol–water partition coefficient (Wildman–Crippen LogP) is 3.21. The van der Waals surface area contributed by atoms with Crippen molar-refractivity contribution in [1.82, 2.24) is 4.98 Å². The molecular formula is C14H12NO2. The minimum atomic E-state index is 0.301. The van der Waals surface area contributed by atoms with Crippen LogP contribution >= 0.6 is 0 Å². The Morgan fingerprint density at radius 1 is 1.00 bits per heavy atom. The minimum Gasteiger partial charge on any atom is -0.442 e. The molecule has 0 atom stereocenters. The highest BCUT2D eigenvalue weighted by atomic mass is 16.7. The Balaban J connectivity index is 2.01. The van der Waals surface area contributed by atoms with Gasteiger partial charge in [-0.05, 0) is 18.2 Å². The fourth-order valence-electron chi connectivity index (χ4n) is 1.22. The van der Waals surface area contributed by atoms with Crippen LogP contribution in [-0.2, 0) is 0 Å². The number of pyridine rings is 1. The Hall–Kier alpha value is -2.29. The van der Waals surface area contributed by atoms with Crippen LogP contribution in [0.2, 0.25) is 0 Å². The summed E-state index contributed by atoms with van der Waals surface area (Å²) in [5.74, 6) is 1.16. The van der Waals surface area contributed by atoms with E-state index in [9.17, 15) is 0 Å². The van der Waals surface area contributed by atoms with E-state index >= 15 is 0 Å². The van der Waals surface area contributed by atoms with Gasteiger partial charge in [-0.3, -0.25) is 0 Å². The van der Waals surface area contributed by atoms with Crippen LogP contribution in [0.25, 0.3) is 0 Å². The van der Waals surface area contributed by atoms with E-state index in [0.29, 0.717) is 17.9 Å². The second kappa shape index (κ2) is 5.70. The number of benzene rings is 1. The van der Waals surface area contributed by atoms with E-state index in [0.717, 1.165) is 0 Å². The largest absolute Gasteiger partial charge is 0.442 e. The minimum absolute atomic E-state index is 0.301. The van der Waals surface area contributed by atoms with Gasteiger partial charge >= 0.3 is 6.29 Å². The zero-order valence-electron chi connectivity index (χ0n) is 9.24. The van der Waals surface area contributed by atoms with E-state index in [4.69, 9.17) is 9.47 Å². The summed E-state index contributed by atoms with van der Waals surface area (Å²) in [4.78, 5) is 4.04. The van der Waals surface area contributed by atoms with Gasteiger partial charge in [0.15, 0.2) is 0 Å². The summed E-state index contributed by atoms with van der Waals surface area (Å²) in [7, 11) is 0. The molecule has 17 heavy (non-hydrogen) atoms. The standard InChI is InChI=1S/C14H12NO2/c1-2-14(16-12-8-4-3-5-9-12)17-13-10-6-7-11-15-13/h2-11H,1H2. The first-order valence-electron chi connectivity index (χ1n) is 5.19. The van der Waals surface area contributed by atoms with Gasteiger partial charge in [0, 0.05) is 18.3 Å². The molecule has 0 N–H and O–H groups in total. The van der Waals surface area contributed by atoms with E-state index in [1.807, 2.05) is 42.5 Å². The van der Waals surface area contributed by atoms with Gasteiger partial charge in [-0.15, -0.1) is 0 Å². The first-order chi connectivity index (χ1) is 8.38. The average Bonchev–Trinajstić information content (AvgIpc) is 2.40. The van der Waals surface area contributed by atoms with E-state index in [-0.39, 0.29) is 0 Å². The lowest BCUT2D eigenvalue weighted by molar-refractivity contribution is 0.150. The Morgan fingerprint density at radius 3 is 2.41 bits per heavy atom. The number of ether oxygens (including phenoxy) is 2. The molecule has 0 aliphatic carbocycles. The number of para-hydroxylation sites is 1. The zero-order chi connectivity index (χ0) is 11.9. The molecule has 0 spiro atoms. The van der Waals surface area contributed by atoms with Gasteiger partial charge in [0.2, 0.25) is 5.88 Å². The van der Waals surface area contributed by atoms with Crippen LogP contribution in [0.15, 0.2) is 67.4 Å². The van der Waals surface area contributed by atoms with Crippen molar-refractivity contribution in [2.45, 2.75) is 0 Å². The highest BCUT2D eigenvalue weighted by Gasteiger charge is 2.10. The fourth-order valence-corrected chi connectivity index (χ4v) is 1.22. The monoisotopic (exact) mass is 226 g/mol. The molecule has 1 aromatic carbocycles. The van der Waals surface area contributed by atoms with Crippen molar-refractivity contribution in [3.8, 4) is 11.6 Å². The molecule has 1 aromatic heterocycles. The molecule has 1 heterocycles. The van der Waals surface area contributed by atoms with Gasteiger partial charge in [0.05, 0.1) is 0 Å². The van der Waals surface area contributed by atoms with Gasteiger partial charge in [0.1, 0.15) is 5.75 Å². The maximum atomic E-state index is 5.50. The molecule has 85 valence electrons. The summed E-state index contributed by atoms with van der Waals surface area (Å²) >= 11 is 0. The fraction of sp³-hybridized carbons (Fsp3) is 0. The van der Waals surface area contributed by atoms with Crippen molar-refractivity contribution in [1.29, 1.82) is 0 Å². The lowest BCUT2D eigenvalue weighted by atomic mass is 10.3. The van der Waals surface area contributed by atoms with E-state index in [1.54, 1.807) is 12.3 Å². The molecular weight excluding hydrogens is 214 g/mol. The molecule has 2 aromatic rings. The van der Waals surface area contributed by atoms with Gasteiger partial charge in [-0.1, -0.05) is 30.8 Å². The maximum Gasteiger partial charge on any atom is 0.356 e. The Bertz CT molecular complexity index is 415. The molecule has 0 bridgehead atoms. The summed E-state index contributed by atoms with van der Waals surface area (Å²) in [5.41, 5.74) is 0. The number of nitrogens with zero attached hydrogens (tertiary/aromatic N) is 1. The predicted molar refractivity (Wildman–Crippen MR) is 65.4 cm³/mol. The van der Waals surface area contributed by atoms with Crippen LogP contribution in [0.5, 0.6) is 11.6 Å². The molecule has 0 unspecified atom stereocenters. The third-order valence-electron chi connectivity index (χ3n) is 1.97. The molecule has 0 saturated heterocycles. The molecule has 0 saturated carbocycles. The van der Waals surface area contributed by atoms with Crippen molar-refractivity contribution in [3.63, 3.8) is 0 Å². The number of aromatic nitrogens is 1. The van der Waals surface area contributed by atoms with Gasteiger partial charge in [-0.2, -0.15) is 0 Å². The van der Waals surface area contributed by atoms with Crippen LogP contribution in [-0.4, -0.2) is 4.98 Å². The van der Waals surface area contributed by atoms with Crippen molar-refractivity contribution >= 4 is 0 Å². The summed E-state index contributed by atoms with van der Waals surface area (Å²) < 4.78 is 10.9. The Labute approximate surface area is 100 Å². The smallest absolute Gasteiger partial charge is 0.356 e. The van der Waals surface area contributed by atoms with E-state index in [1.165, 1.54) is 6.08 Å². The number of hydrogen-bond acceptors (Lipinski definition) is 3. The Morgan fingerprint density at radius 2 is 1.76 bits per heavy atom.